The zero-order chi connectivity index (χ0) is 46.1. The van der Waals surface area contributed by atoms with E-state index >= 15 is 9.59 Å². The molecule has 4 bridgehead atoms. The van der Waals surface area contributed by atoms with Crippen LogP contribution in [-0.2, 0) is 41.2 Å². The van der Waals surface area contributed by atoms with E-state index in [4.69, 9.17) is 41.2 Å². The maximum absolute atomic E-state index is 16.9. The van der Waals surface area contributed by atoms with Gasteiger partial charge in [0.1, 0.15) is 0 Å². The number of hydrogen-bond acceptors (Lipinski definition) is 14. The van der Waals surface area contributed by atoms with Crippen molar-refractivity contribution >= 4 is 113 Å². The molecule has 4 saturated heterocycles. The van der Waals surface area contributed by atoms with Gasteiger partial charge < -0.3 is 61.7 Å². The van der Waals surface area contributed by atoms with Gasteiger partial charge in [0.15, 0.2) is 0 Å². The molecule has 4 aliphatic heterocycles. The van der Waals surface area contributed by atoms with Crippen molar-refractivity contribution in [3.05, 3.63) is 243 Å². The quantitative estimate of drug-likeness (QED) is 0.130. The third-order valence-corrected chi connectivity index (χ3v) is 39.3. The first kappa shape index (κ1) is 63.8. The fourth-order valence-corrected chi connectivity index (χ4v) is 43.1. The van der Waals surface area contributed by atoms with Gasteiger partial charge >= 0.3 is 153 Å². The molecule has 4 unspecified atom stereocenters. The van der Waals surface area contributed by atoms with E-state index in [1.165, 1.54) is 0 Å². The second-order valence-corrected chi connectivity index (χ2v) is 36.5. The molecular formula is C48H42Na4O14Si8-2. The molecule has 8 aromatic rings. The molecule has 4 fully saturated rings. The second-order valence-electron chi connectivity index (χ2n) is 15.9. The van der Waals surface area contributed by atoms with Crippen molar-refractivity contribution in [3.63, 3.8) is 0 Å². The molecule has 14 nitrogen and oxygen atoms in total. The van der Waals surface area contributed by atoms with Gasteiger partial charge in [-0.15, -0.1) is 10.4 Å². The number of fused-ring (bicyclic) bond motifs is 4. The number of hydrogen-bond donors (Lipinski definition) is 0. The van der Waals surface area contributed by atoms with Gasteiger partial charge in [-0.25, -0.2) is 0 Å². The summed E-state index contributed by atoms with van der Waals surface area (Å²) in [7, 11) is -36.4. The summed E-state index contributed by atoms with van der Waals surface area (Å²) < 4.78 is 75.8. The maximum atomic E-state index is 16.9. The molecule has 26 heteroatoms. The minimum Gasteiger partial charge on any atom is -0.870 e. The van der Waals surface area contributed by atoms with Crippen LogP contribution in [0, 0.1) is 0 Å². The average Bonchev–Trinajstić information content (AvgIpc) is 3.39. The molecule has 356 valence electrons. The van der Waals surface area contributed by atoms with Crippen molar-refractivity contribution in [1.29, 1.82) is 0 Å². The van der Waals surface area contributed by atoms with E-state index in [9.17, 15) is 0 Å². The molecule has 4 aliphatic rings. The van der Waals surface area contributed by atoms with Crippen molar-refractivity contribution in [2.24, 2.45) is 0 Å². The van der Waals surface area contributed by atoms with E-state index in [2.05, 4.69) is 0 Å². The fraction of sp³-hybridized carbons (Fsp3) is 0. The molecule has 8 aromatic carbocycles. The normalized spacial score (nSPS) is 26.1. The van der Waals surface area contributed by atoms with Gasteiger partial charge in [0, 0.05) is 20.7 Å². The first-order chi connectivity index (χ1) is 33.2. The summed E-state index contributed by atoms with van der Waals surface area (Å²) in [5.74, 6) is 0. The molecule has 4 atom stereocenters. The van der Waals surface area contributed by atoms with Crippen molar-refractivity contribution < 1.29 is 180 Å². The SMILES string of the molecule is [Na+].[Na+].[Na+].[Na+].[O-][Si]1(c2ccccc2)O[Si]2(c3ccccc3)O[Si-](c3ccccc3)O[Si](c3ccccc3)(O1)O[Si]1(c3ccccc3)O[Si-](c3ccccc3)O[Si](c3ccccc3)(O[Si]([O-])(c3ccccc3)O1)O2.[OH-].[OH-]. The molecule has 12 rings (SSSR count). The Morgan fingerprint density at radius 3 is 0.622 bits per heavy atom. The van der Waals surface area contributed by atoms with Crippen molar-refractivity contribution in [1.82, 2.24) is 0 Å². The summed E-state index contributed by atoms with van der Waals surface area (Å²) in [5.41, 5.74) is 0. The Labute approximate surface area is 528 Å². The molecule has 2 N–H and O–H groups in total. The Balaban J connectivity index is 0.00000169. The van der Waals surface area contributed by atoms with Crippen LogP contribution in [0.3, 0.4) is 0 Å². The molecule has 0 amide bonds. The van der Waals surface area contributed by atoms with Gasteiger partial charge in [-0.3, -0.25) is 0 Å². The Morgan fingerprint density at radius 1 is 0.243 bits per heavy atom. The van der Waals surface area contributed by atoms with Crippen LogP contribution in [0.25, 0.3) is 0 Å². The third-order valence-electron chi connectivity index (χ3n) is 11.3. The van der Waals surface area contributed by atoms with Crippen LogP contribution in [0.15, 0.2) is 243 Å². The minimum atomic E-state index is -5.27. The Hall–Kier alpha value is -1.06. The number of rotatable bonds is 8. The molecule has 0 radical (unpaired) electrons. The van der Waals surface area contributed by atoms with Gasteiger partial charge in [0.05, 0.1) is 0 Å². The Kier molecular flexibility index (Phi) is 23.6. The van der Waals surface area contributed by atoms with E-state index in [1.807, 2.05) is 84.9 Å². The Morgan fingerprint density at radius 2 is 0.419 bits per heavy atom. The van der Waals surface area contributed by atoms with Crippen LogP contribution in [0.2, 0.25) is 0 Å². The second kappa shape index (κ2) is 27.4. The largest absolute Gasteiger partial charge is 1.00 e. The topological polar surface area (TPSA) is 198 Å². The third kappa shape index (κ3) is 13.1. The first-order valence-corrected chi connectivity index (χ1v) is 34.8. The summed E-state index contributed by atoms with van der Waals surface area (Å²) in [6.07, 6.45) is 0. The zero-order valence-electron chi connectivity index (χ0n) is 40.9. The van der Waals surface area contributed by atoms with Crippen LogP contribution in [0.5, 0.6) is 0 Å². The van der Waals surface area contributed by atoms with Gasteiger partial charge in [-0.05, 0) is 28.9 Å². The van der Waals surface area contributed by atoms with Crippen LogP contribution >= 0.6 is 0 Å². The molecule has 74 heavy (non-hydrogen) atoms. The maximum Gasteiger partial charge on any atom is 1.00 e. The van der Waals surface area contributed by atoms with E-state index in [0.29, 0.717) is 31.1 Å². The predicted octanol–water partition coefficient (Wildman–Crippen LogP) is -11.6. The van der Waals surface area contributed by atoms with Crippen LogP contribution in [0.1, 0.15) is 0 Å². The van der Waals surface area contributed by atoms with E-state index in [0.717, 1.165) is 0 Å². The molecular weight excluding hydrogens is 1120 g/mol. The smallest absolute Gasteiger partial charge is 0.870 e. The van der Waals surface area contributed by atoms with Crippen LogP contribution in [-0.4, -0.2) is 82.3 Å². The van der Waals surface area contributed by atoms with Gasteiger partial charge in [-0.1, -0.05) is 243 Å². The summed E-state index contributed by atoms with van der Waals surface area (Å²) in [6, 6.07) is 72.1. The molecule has 0 spiro atoms. The van der Waals surface area contributed by atoms with Gasteiger partial charge in [0.25, 0.3) is 17.6 Å². The standard InChI is InChI=1S/C48H40O12Si8.4Na.2H2O/c49-63(43-29-13-3-14-30-43)55-65(45-33-17-5-18-34-45)51-61(41-25-9-1-10-26-41)52-66(56-63,46-35-19-6-20-36-46)60-68(48-39-23-8-24-40-48)54-62(42-27-11-2-12-28-42)53-67(59-65,47-37-21-7-22-38-47)57-64(50,58-68)44-31-15-4-16-32-44;;;;;;/h1-40H;;;;;2*1H2/q-4;4*+1;;/p-2. The van der Waals surface area contributed by atoms with E-state index < -0.39 is 71.4 Å². The summed E-state index contributed by atoms with van der Waals surface area (Å²) in [5, 5.41) is 3.13. The zero-order valence-corrected chi connectivity index (χ0v) is 56.9. The monoisotopic (exact) mass is 1160 g/mol. The predicted molar refractivity (Wildman–Crippen MR) is 269 cm³/mol. The summed E-state index contributed by atoms with van der Waals surface area (Å²) >= 11 is 0. The van der Waals surface area contributed by atoms with Crippen molar-refractivity contribution in [2.45, 2.75) is 0 Å². The van der Waals surface area contributed by atoms with Crippen LogP contribution in [0.4, 0.5) is 0 Å². The summed E-state index contributed by atoms with van der Waals surface area (Å²) in [6.45, 7) is 0. The average molecular weight is 1160 g/mol. The molecule has 0 aliphatic carbocycles. The van der Waals surface area contributed by atoms with Crippen molar-refractivity contribution in [2.75, 3.05) is 0 Å². The van der Waals surface area contributed by atoms with Crippen molar-refractivity contribution in [3.8, 4) is 0 Å². The van der Waals surface area contributed by atoms with E-state index in [1.54, 1.807) is 158 Å². The first-order valence-electron chi connectivity index (χ1n) is 21.8. The molecule has 0 aromatic heterocycles. The summed E-state index contributed by atoms with van der Waals surface area (Å²) in [4.78, 5) is 33.8. The van der Waals surface area contributed by atoms with Gasteiger partial charge in [0.2, 0.25) is 0 Å². The van der Waals surface area contributed by atoms with Crippen LogP contribution < -0.4 is 169 Å². The number of benzene rings is 8. The molecule has 4 heterocycles. The Bertz CT molecular complexity index is 2650. The molecule has 0 saturated carbocycles. The minimum absolute atomic E-state index is 0. The van der Waals surface area contributed by atoms with E-state index in [-0.39, 0.29) is 140 Å². The van der Waals surface area contributed by atoms with Gasteiger partial charge in [-0.2, -0.15) is 0 Å². The fourth-order valence-electron chi connectivity index (χ4n) is 8.06.